The number of carboxylic acids is 1. The van der Waals surface area contributed by atoms with Crippen molar-refractivity contribution in [1.29, 1.82) is 0 Å². The Labute approximate surface area is 81.3 Å². The molecule has 3 heteroatoms. The molecule has 0 aromatic rings. The zero-order chi connectivity index (χ0) is 9.97. The summed E-state index contributed by atoms with van der Waals surface area (Å²) in [6.45, 7) is 0. The Hall–Kier alpha value is -1.77. The maximum atomic E-state index is 10.4. The third kappa shape index (κ3) is 1.62. The van der Waals surface area contributed by atoms with E-state index in [1.807, 2.05) is 24.3 Å². The molecule has 0 radical (unpaired) electrons. The maximum absolute atomic E-state index is 10.4. The molecule has 14 heavy (non-hydrogen) atoms. The Kier molecular flexibility index (Phi) is 2.23. The zero-order valence-corrected chi connectivity index (χ0v) is 7.56. The number of carbonyl (C=O) groups is 1. The Morgan fingerprint density at radius 3 is 3.00 bits per heavy atom. The molecule has 1 N–H and O–H groups in total. The molecule has 3 nitrogen and oxygen atoms in total. The summed E-state index contributed by atoms with van der Waals surface area (Å²) in [6.07, 6.45) is 2.14. The van der Waals surface area contributed by atoms with Crippen molar-refractivity contribution in [3.63, 3.8) is 0 Å². The van der Waals surface area contributed by atoms with E-state index in [1.54, 1.807) is 6.26 Å². The molecule has 2 aliphatic rings. The van der Waals surface area contributed by atoms with Crippen molar-refractivity contribution < 1.29 is 14.3 Å². The summed E-state index contributed by atoms with van der Waals surface area (Å²) >= 11 is 0. The van der Waals surface area contributed by atoms with Gasteiger partial charge in [-0.1, -0.05) is 18.2 Å². The van der Waals surface area contributed by atoms with Gasteiger partial charge in [-0.15, -0.1) is 0 Å². The molecule has 2 rings (SSSR count). The van der Waals surface area contributed by atoms with Crippen molar-refractivity contribution in [3.8, 4) is 11.1 Å². The van der Waals surface area contributed by atoms with Crippen molar-refractivity contribution >= 4 is 5.97 Å². The number of fused-ring (bicyclic) bond motifs is 1. The lowest BCUT2D eigenvalue weighted by atomic mass is 10.1. The quantitative estimate of drug-likeness (QED) is 0.808. The number of aliphatic carboxylic acids is 1. The van der Waals surface area contributed by atoms with Crippen LogP contribution in [-0.4, -0.2) is 11.1 Å². The number of aryl methyl sites for hydroxylation is 1. The third-order valence-electron chi connectivity index (χ3n) is 2.17. The predicted octanol–water partition coefficient (Wildman–Crippen LogP) is 2.40. The second kappa shape index (κ2) is 3.54. The van der Waals surface area contributed by atoms with Crippen LogP contribution in [0.1, 0.15) is 12.2 Å². The van der Waals surface area contributed by atoms with Crippen LogP contribution in [-0.2, 0) is 11.2 Å². The zero-order valence-electron chi connectivity index (χ0n) is 7.56. The van der Waals surface area contributed by atoms with E-state index >= 15 is 0 Å². The molecule has 0 aromatic heterocycles. The highest BCUT2D eigenvalue weighted by atomic mass is 16.4. The summed E-state index contributed by atoms with van der Waals surface area (Å²) in [6, 6.07) is 7.73. The van der Waals surface area contributed by atoms with E-state index in [4.69, 9.17) is 9.52 Å². The molecule has 0 fully saturated rings. The molecule has 0 saturated carbocycles. The van der Waals surface area contributed by atoms with Gasteiger partial charge in [0.25, 0.3) is 0 Å². The van der Waals surface area contributed by atoms with E-state index in [0.29, 0.717) is 6.42 Å². The highest BCUT2D eigenvalue weighted by Gasteiger charge is 2.10. The molecule has 0 atom stereocenters. The van der Waals surface area contributed by atoms with E-state index < -0.39 is 5.97 Å². The van der Waals surface area contributed by atoms with Gasteiger partial charge in [0, 0.05) is 12.0 Å². The fraction of sp³-hybridized carbons (Fsp3) is 0.182. The molecular formula is C11H10O3. The van der Waals surface area contributed by atoms with Crippen molar-refractivity contribution in [1.82, 2.24) is 0 Å². The van der Waals surface area contributed by atoms with Crippen LogP contribution in [0.4, 0.5) is 0 Å². The van der Waals surface area contributed by atoms with Gasteiger partial charge in [0.05, 0.1) is 12.7 Å². The lowest BCUT2D eigenvalue weighted by Crippen LogP contribution is -1.98. The van der Waals surface area contributed by atoms with Gasteiger partial charge in [-0.3, -0.25) is 4.79 Å². The normalized spacial score (nSPS) is 10.6. The molecule has 0 spiro atoms. The van der Waals surface area contributed by atoms with Crippen LogP contribution in [0, 0.1) is 0 Å². The van der Waals surface area contributed by atoms with Crippen LogP contribution in [0.15, 0.2) is 34.9 Å². The summed E-state index contributed by atoms with van der Waals surface area (Å²) < 4.78 is 5.29. The Morgan fingerprint density at radius 1 is 1.36 bits per heavy atom. The van der Waals surface area contributed by atoms with Crippen molar-refractivity contribution in [2.75, 3.05) is 0 Å². The first-order valence-corrected chi connectivity index (χ1v) is 4.44. The molecule has 0 bridgehead atoms. The van der Waals surface area contributed by atoms with Crippen LogP contribution in [0.25, 0.3) is 11.1 Å². The van der Waals surface area contributed by atoms with E-state index in [1.165, 1.54) is 0 Å². The Morgan fingerprint density at radius 2 is 2.21 bits per heavy atom. The van der Waals surface area contributed by atoms with Gasteiger partial charge in [0.1, 0.15) is 5.76 Å². The second-order valence-corrected chi connectivity index (χ2v) is 3.13. The second-order valence-electron chi connectivity index (χ2n) is 3.13. The topological polar surface area (TPSA) is 50.4 Å². The minimum absolute atomic E-state index is 0.105. The van der Waals surface area contributed by atoms with Crippen LogP contribution < -0.4 is 0 Å². The molecule has 0 unspecified atom stereocenters. The number of hydrogen-bond donors (Lipinski definition) is 1. The largest absolute Gasteiger partial charge is 0.481 e. The van der Waals surface area contributed by atoms with Crippen LogP contribution in [0.2, 0.25) is 0 Å². The summed E-state index contributed by atoms with van der Waals surface area (Å²) in [5.74, 6) is -0.0568. The number of hydrogen-bond acceptors (Lipinski definition) is 2. The van der Waals surface area contributed by atoms with Crippen molar-refractivity contribution in [3.05, 3.63) is 36.3 Å². The summed E-state index contributed by atoms with van der Waals surface area (Å²) in [5, 5.41) is 8.56. The lowest BCUT2D eigenvalue weighted by Gasteiger charge is -2.04. The van der Waals surface area contributed by atoms with Crippen LogP contribution >= 0.6 is 0 Å². The van der Waals surface area contributed by atoms with Crippen molar-refractivity contribution in [2.24, 2.45) is 0 Å². The van der Waals surface area contributed by atoms with Crippen LogP contribution in [0.5, 0.6) is 0 Å². The minimum Gasteiger partial charge on any atom is -0.481 e. The highest BCUT2D eigenvalue weighted by Crippen LogP contribution is 2.27. The van der Waals surface area contributed by atoms with Gasteiger partial charge in [-0.05, 0) is 11.6 Å². The smallest absolute Gasteiger partial charge is 0.303 e. The Balaban J connectivity index is 2.25. The molecule has 1 aliphatic carbocycles. The average Bonchev–Trinajstić information content (AvgIpc) is 2.62. The average molecular weight is 190 g/mol. The summed E-state index contributed by atoms with van der Waals surface area (Å²) in [7, 11) is 0. The fourth-order valence-electron chi connectivity index (χ4n) is 1.50. The SMILES string of the molecule is O=C(O)CCc1occc2cccc1-2. The van der Waals surface area contributed by atoms with Gasteiger partial charge in [0.15, 0.2) is 0 Å². The predicted molar refractivity (Wildman–Crippen MR) is 51.3 cm³/mol. The number of rotatable bonds is 3. The van der Waals surface area contributed by atoms with E-state index in [0.717, 1.165) is 16.9 Å². The molecular weight excluding hydrogens is 180 g/mol. The first-order valence-electron chi connectivity index (χ1n) is 4.44. The molecule has 0 saturated heterocycles. The van der Waals surface area contributed by atoms with E-state index in [2.05, 4.69) is 0 Å². The van der Waals surface area contributed by atoms with Crippen LogP contribution in [0.3, 0.4) is 0 Å². The number of carboxylic acid groups (broad SMARTS) is 1. The Bertz CT molecular complexity index is 417. The first kappa shape index (κ1) is 8.81. The maximum Gasteiger partial charge on any atom is 0.303 e. The monoisotopic (exact) mass is 190 g/mol. The third-order valence-corrected chi connectivity index (χ3v) is 2.17. The van der Waals surface area contributed by atoms with Gasteiger partial charge in [-0.25, -0.2) is 0 Å². The lowest BCUT2D eigenvalue weighted by molar-refractivity contribution is -0.137. The molecule has 0 amide bonds. The van der Waals surface area contributed by atoms with E-state index in [-0.39, 0.29) is 6.42 Å². The van der Waals surface area contributed by atoms with Gasteiger partial charge in [0.2, 0.25) is 0 Å². The van der Waals surface area contributed by atoms with Crippen molar-refractivity contribution in [2.45, 2.75) is 12.8 Å². The fourth-order valence-corrected chi connectivity index (χ4v) is 1.50. The van der Waals surface area contributed by atoms with Gasteiger partial charge >= 0.3 is 5.97 Å². The summed E-state index contributed by atoms with van der Waals surface area (Å²) in [4.78, 5) is 10.4. The van der Waals surface area contributed by atoms with E-state index in [9.17, 15) is 4.79 Å². The molecule has 72 valence electrons. The van der Waals surface area contributed by atoms with Gasteiger partial charge < -0.3 is 9.52 Å². The highest BCUT2D eigenvalue weighted by molar-refractivity contribution is 5.70. The standard InChI is InChI=1S/C11H10O3/c12-11(13)5-4-10-9-3-1-2-8(9)6-7-14-10/h1-3,6-7H,4-5H2,(H,12,13). The first-order chi connectivity index (χ1) is 6.77. The van der Waals surface area contributed by atoms with Gasteiger partial charge in [-0.2, -0.15) is 0 Å². The molecule has 1 heterocycles. The summed E-state index contributed by atoms with van der Waals surface area (Å²) in [5.41, 5.74) is 2.10. The molecule has 0 aromatic carbocycles. The molecule has 1 aliphatic heterocycles. The minimum atomic E-state index is -0.802.